The first-order valence-corrected chi connectivity index (χ1v) is 6.49. The van der Waals surface area contributed by atoms with Gasteiger partial charge in [0.05, 0.1) is 0 Å². The van der Waals surface area contributed by atoms with Crippen LogP contribution in [0.15, 0.2) is 0 Å². The van der Waals surface area contributed by atoms with E-state index >= 15 is 0 Å². The molecule has 15 heavy (non-hydrogen) atoms. The van der Waals surface area contributed by atoms with Gasteiger partial charge in [-0.2, -0.15) is 0 Å². The topological polar surface area (TPSA) is 29.5 Å². The maximum absolute atomic E-state index is 11.2. The van der Waals surface area contributed by atoms with E-state index in [1.165, 1.54) is 56.8 Å². The number of rotatable bonds is 3. The van der Waals surface area contributed by atoms with Crippen LogP contribution >= 0.6 is 0 Å². The van der Waals surface area contributed by atoms with Crippen LogP contribution in [-0.2, 0) is 0 Å². The summed E-state index contributed by atoms with van der Waals surface area (Å²) in [7, 11) is 0. The average molecular weight is 211 g/mol. The van der Waals surface area contributed by atoms with Crippen molar-refractivity contribution in [1.29, 1.82) is 0 Å². The lowest BCUT2D eigenvalue weighted by Gasteiger charge is -2.38. The molecule has 0 bridgehead atoms. The van der Waals surface area contributed by atoms with Gasteiger partial charge in [-0.25, -0.2) is 0 Å². The maximum atomic E-state index is 11.2. The third kappa shape index (κ3) is 3.74. The van der Waals surface area contributed by atoms with Crippen LogP contribution in [0.5, 0.6) is 0 Å². The van der Waals surface area contributed by atoms with E-state index < -0.39 is 0 Å². The van der Waals surface area contributed by atoms with Crippen LogP contribution in [0.2, 0.25) is 0 Å². The van der Waals surface area contributed by atoms with E-state index in [0.29, 0.717) is 5.92 Å². The van der Waals surface area contributed by atoms with Crippen molar-refractivity contribution in [1.82, 2.24) is 9.96 Å². The Kier molecular flexibility index (Phi) is 4.42. The lowest BCUT2D eigenvalue weighted by molar-refractivity contribution is 0.177. The fourth-order valence-corrected chi connectivity index (χ4v) is 2.81. The molecule has 2 aliphatic rings. The van der Waals surface area contributed by atoms with Crippen molar-refractivity contribution >= 4 is 0 Å². The van der Waals surface area contributed by atoms with Crippen molar-refractivity contribution in [3.05, 3.63) is 5.21 Å². The summed E-state index contributed by atoms with van der Waals surface area (Å²) in [4.78, 5) is 2.58. The Morgan fingerprint density at radius 3 is 2.53 bits per heavy atom. The van der Waals surface area contributed by atoms with Crippen LogP contribution in [0.4, 0.5) is 0 Å². The highest BCUT2D eigenvalue weighted by Gasteiger charge is 2.16. The van der Waals surface area contributed by atoms with Crippen molar-refractivity contribution < 1.29 is 0 Å². The zero-order chi connectivity index (χ0) is 10.5. The van der Waals surface area contributed by atoms with E-state index in [0.717, 1.165) is 19.5 Å². The standard InChI is InChI=1S/C12H23N2O/c15-14-9-4-5-12(11-14)6-10-13-7-2-1-3-8-13/h12H,1-11H2/q-1. The van der Waals surface area contributed by atoms with E-state index in [2.05, 4.69) is 4.90 Å². The Labute approximate surface area is 93.0 Å². The molecule has 0 aromatic heterocycles. The molecule has 88 valence electrons. The zero-order valence-electron chi connectivity index (χ0n) is 9.66. The van der Waals surface area contributed by atoms with E-state index in [4.69, 9.17) is 0 Å². The smallest absolute Gasteiger partial charge is 0.00156 e. The molecule has 0 amide bonds. The second-order valence-corrected chi connectivity index (χ2v) is 5.09. The Balaban J connectivity index is 1.63. The molecule has 3 heteroatoms. The lowest BCUT2D eigenvalue weighted by atomic mass is 9.95. The largest absolute Gasteiger partial charge is 0.785 e. The second kappa shape index (κ2) is 5.83. The molecular weight excluding hydrogens is 188 g/mol. The number of hydrogen-bond acceptors (Lipinski definition) is 3. The molecule has 3 nitrogen and oxygen atoms in total. The van der Waals surface area contributed by atoms with Gasteiger partial charge in [-0.05, 0) is 70.7 Å². The molecule has 2 heterocycles. The Bertz CT molecular complexity index is 180. The fourth-order valence-electron chi connectivity index (χ4n) is 2.81. The molecule has 0 aliphatic carbocycles. The first-order chi connectivity index (χ1) is 7.34. The normalized spacial score (nSPS) is 30.6. The summed E-state index contributed by atoms with van der Waals surface area (Å²) in [5.41, 5.74) is 0. The van der Waals surface area contributed by atoms with Crippen molar-refractivity contribution in [2.24, 2.45) is 5.92 Å². The zero-order valence-corrected chi connectivity index (χ0v) is 9.66. The van der Waals surface area contributed by atoms with E-state index in [1.54, 1.807) is 0 Å². The molecule has 0 radical (unpaired) electrons. The molecule has 0 saturated carbocycles. The van der Waals surface area contributed by atoms with Crippen LogP contribution in [0.25, 0.3) is 0 Å². The van der Waals surface area contributed by atoms with Gasteiger partial charge in [-0.3, -0.25) is 0 Å². The van der Waals surface area contributed by atoms with Crippen LogP contribution < -0.4 is 0 Å². The third-order valence-electron chi connectivity index (χ3n) is 3.78. The highest BCUT2D eigenvalue weighted by molar-refractivity contribution is 4.75. The SMILES string of the molecule is [O-]N1CCCC(CCN2CCCCC2)C1. The number of likely N-dealkylation sites (tertiary alicyclic amines) is 1. The van der Waals surface area contributed by atoms with Gasteiger partial charge in [-0.1, -0.05) is 6.42 Å². The van der Waals surface area contributed by atoms with Crippen LogP contribution in [-0.4, -0.2) is 42.7 Å². The first-order valence-electron chi connectivity index (χ1n) is 6.49. The summed E-state index contributed by atoms with van der Waals surface area (Å²) in [6.07, 6.45) is 7.77. The predicted molar refractivity (Wildman–Crippen MR) is 62.6 cm³/mol. The Morgan fingerprint density at radius 2 is 1.80 bits per heavy atom. The molecule has 2 rings (SSSR count). The molecule has 2 saturated heterocycles. The van der Waals surface area contributed by atoms with Gasteiger partial charge >= 0.3 is 0 Å². The van der Waals surface area contributed by atoms with E-state index in [-0.39, 0.29) is 0 Å². The maximum Gasteiger partial charge on any atom is -0.00156 e. The third-order valence-corrected chi connectivity index (χ3v) is 3.78. The molecule has 0 N–H and O–H groups in total. The summed E-state index contributed by atoms with van der Waals surface area (Å²) in [6.45, 7) is 5.34. The molecular formula is C12H23N2O-. The van der Waals surface area contributed by atoms with Crippen molar-refractivity contribution in [2.45, 2.75) is 38.5 Å². The van der Waals surface area contributed by atoms with Gasteiger partial charge in [0.1, 0.15) is 0 Å². The first kappa shape index (κ1) is 11.4. The summed E-state index contributed by atoms with van der Waals surface area (Å²) in [5.74, 6) is 0.665. The lowest BCUT2D eigenvalue weighted by Crippen LogP contribution is -2.35. The number of hydrogen-bond donors (Lipinski definition) is 0. The van der Waals surface area contributed by atoms with Crippen molar-refractivity contribution in [3.63, 3.8) is 0 Å². The monoisotopic (exact) mass is 211 g/mol. The molecule has 2 fully saturated rings. The molecule has 1 atom stereocenters. The molecule has 0 spiro atoms. The highest BCUT2D eigenvalue weighted by atomic mass is 16.5. The van der Waals surface area contributed by atoms with E-state index in [1.807, 2.05) is 0 Å². The van der Waals surface area contributed by atoms with Crippen LogP contribution in [0.1, 0.15) is 38.5 Å². The van der Waals surface area contributed by atoms with Crippen molar-refractivity contribution in [2.75, 3.05) is 32.7 Å². The number of hydroxylamine groups is 2. The van der Waals surface area contributed by atoms with Gasteiger partial charge < -0.3 is 15.2 Å². The summed E-state index contributed by atoms with van der Waals surface area (Å²) in [5, 5.41) is 12.5. The minimum atomic E-state index is 0.665. The van der Waals surface area contributed by atoms with Gasteiger partial charge in [-0.15, -0.1) is 0 Å². The Hall–Kier alpha value is -0.120. The Morgan fingerprint density at radius 1 is 1.00 bits per heavy atom. The van der Waals surface area contributed by atoms with Crippen molar-refractivity contribution in [3.8, 4) is 0 Å². The summed E-state index contributed by atoms with van der Waals surface area (Å²) >= 11 is 0. The van der Waals surface area contributed by atoms with Gasteiger partial charge in [0.15, 0.2) is 0 Å². The quantitative estimate of drug-likeness (QED) is 0.715. The average Bonchev–Trinajstić information content (AvgIpc) is 2.28. The van der Waals surface area contributed by atoms with Gasteiger partial charge in [0.25, 0.3) is 0 Å². The van der Waals surface area contributed by atoms with E-state index in [9.17, 15) is 5.21 Å². The summed E-state index contributed by atoms with van der Waals surface area (Å²) < 4.78 is 0. The fraction of sp³-hybridized carbons (Fsp3) is 1.00. The minimum absolute atomic E-state index is 0.665. The molecule has 0 aromatic rings. The van der Waals surface area contributed by atoms with Crippen LogP contribution in [0, 0.1) is 11.1 Å². The highest BCUT2D eigenvalue weighted by Crippen LogP contribution is 2.20. The molecule has 0 aromatic carbocycles. The second-order valence-electron chi connectivity index (χ2n) is 5.09. The number of piperidine rings is 2. The minimum Gasteiger partial charge on any atom is -0.785 e. The molecule has 1 unspecified atom stereocenters. The van der Waals surface area contributed by atoms with Gasteiger partial charge in [0.2, 0.25) is 0 Å². The predicted octanol–water partition coefficient (Wildman–Crippen LogP) is 2.07. The molecule has 2 aliphatic heterocycles. The van der Waals surface area contributed by atoms with Crippen LogP contribution in [0.3, 0.4) is 0 Å². The van der Waals surface area contributed by atoms with Gasteiger partial charge in [0, 0.05) is 0 Å². The summed E-state index contributed by atoms with van der Waals surface area (Å²) in [6, 6.07) is 0. The number of nitrogens with zero attached hydrogens (tertiary/aromatic N) is 2.